The van der Waals surface area contributed by atoms with E-state index in [-0.39, 0.29) is 11.6 Å². The van der Waals surface area contributed by atoms with Gasteiger partial charge in [0.1, 0.15) is 11.6 Å². The molecule has 6 heteroatoms. The predicted octanol–water partition coefficient (Wildman–Crippen LogP) is 9.42. The second-order valence-corrected chi connectivity index (χ2v) is 9.93. The summed E-state index contributed by atoms with van der Waals surface area (Å²) in [6.07, 6.45) is 3.94. The first-order valence-corrected chi connectivity index (χ1v) is 13.1. The molecule has 0 N–H and O–H groups in total. The number of rotatable bonds is 4. The lowest BCUT2D eigenvalue weighted by atomic mass is 9.92. The molecule has 0 fully saturated rings. The van der Waals surface area contributed by atoms with Crippen LogP contribution in [0.5, 0.6) is 0 Å². The Bertz CT molecular complexity index is 1170. The van der Waals surface area contributed by atoms with Crippen LogP contribution >= 0.6 is 55.4 Å². The summed E-state index contributed by atoms with van der Waals surface area (Å²) < 4.78 is 31.5. The molecule has 4 rings (SSSR count). The van der Waals surface area contributed by atoms with Crippen molar-refractivity contribution in [3.63, 3.8) is 0 Å². The Hall–Kier alpha value is -1.34. The Morgan fingerprint density at radius 3 is 1.33 bits per heavy atom. The highest BCUT2D eigenvalue weighted by molar-refractivity contribution is 9.10. The summed E-state index contributed by atoms with van der Waals surface area (Å²) in [5.74, 6) is -0.575. The third-order valence-corrected chi connectivity index (χ3v) is 8.39. The van der Waals surface area contributed by atoms with Gasteiger partial charge in [-0.25, -0.2) is 8.78 Å². The molecule has 0 atom stereocenters. The Morgan fingerprint density at radius 2 is 1.00 bits per heavy atom. The van der Waals surface area contributed by atoms with Crippen molar-refractivity contribution in [3.05, 3.63) is 81.2 Å². The molecule has 152 valence electrons. The zero-order chi connectivity index (χ0) is 21.4. The van der Waals surface area contributed by atoms with Gasteiger partial charge in [-0.05, 0) is 79.4 Å². The van der Waals surface area contributed by atoms with Crippen LogP contribution < -0.4 is 0 Å². The minimum absolute atomic E-state index is 0.287. The number of hydrogen-bond acceptors (Lipinski definition) is 2. The molecule has 0 saturated carbocycles. The number of hydrogen-bond donors (Lipinski definition) is 0. The van der Waals surface area contributed by atoms with Crippen LogP contribution in [0.15, 0.2) is 79.4 Å². The fourth-order valence-corrected chi connectivity index (χ4v) is 6.88. The van der Waals surface area contributed by atoms with Crippen molar-refractivity contribution in [2.45, 2.75) is 9.79 Å². The fourth-order valence-electron chi connectivity index (χ4n) is 3.70. The average molecular weight is 566 g/mol. The molecular formula is C24H16Br2F2S2. The van der Waals surface area contributed by atoms with Gasteiger partial charge in [-0.15, -0.1) is 23.5 Å². The van der Waals surface area contributed by atoms with Gasteiger partial charge in [-0.1, -0.05) is 36.4 Å². The summed E-state index contributed by atoms with van der Waals surface area (Å²) >= 11 is 10.5. The van der Waals surface area contributed by atoms with E-state index >= 15 is 0 Å². The summed E-state index contributed by atoms with van der Waals surface area (Å²) in [7, 11) is 0. The van der Waals surface area contributed by atoms with Crippen LogP contribution in [-0.4, -0.2) is 12.5 Å². The maximum absolute atomic E-state index is 14.9. The molecule has 4 aromatic carbocycles. The molecular weight excluding hydrogens is 550 g/mol. The van der Waals surface area contributed by atoms with Gasteiger partial charge in [0.2, 0.25) is 0 Å². The first-order chi connectivity index (χ1) is 14.5. The highest BCUT2D eigenvalue weighted by atomic mass is 79.9. The molecule has 0 spiro atoms. The molecule has 0 bridgehead atoms. The molecule has 0 saturated heterocycles. The minimum atomic E-state index is -0.287. The minimum Gasteiger partial charge on any atom is -0.206 e. The second kappa shape index (κ2) is 9.03. The molecule has 0 nitrogen and oxygen atoms in total. The van der Waals surface area contributed by atoms with Crippen molar-refractivity contribution >= 4 is 66.2 Å². The number of halogens is 4. The van der Waals surface area contributed by atoms with Crippen molar-refractivity contribution < 1.29 is 8.78 Å². The number of thioether (sulfide) groups is 2. The van der Waals surface area contributed by atoms with Crippen LogP contribution in [0.2, 0.25) is 0 Å². The van der Waals surface area contributed by atoms with Gasteiger partial charge in [0.05, 0.1) is 0 Å². The van der Waals surface area contributed by atoms with E-state index in [1.807, 2.05) is 36.8 Å². The Kier molecular flexibility index (Phi) is 6.58. The van der Waals surface area contributed by atoms with E-state index in [9.17, 15) is 8.78 Å². The molecule has 0 amide bonds. The van der Waals surface area contributed by atoms with E-state index in [2.05, 4.69) is 31.9 Å². The Morgan fingerprint density at radius 1 is 0.633 bits per heavy atom. The topological polar surface area (TPSA) is 0 Å². The standard InChI is InChI=1S/C24H16Br2F2S2/c1-29-23-17(25)11-16-15(21(23)13-7-3-5-9-19(13)27)12-18(26)24(30-2)22(16)14-8-4-6-10-20(14)28/h3-12H,1-2H3. The smallest absolute Gasteiger partial charge is 0.131 e. The summed E-state index contributed by atoms with van der Waals surface area (Å²) in [5.41, 5.74) is 2.65. The van der Waals surface area contributed by atoms with Gasteiger partial charge in [-0.3, -0.25) is 0 Å². The van der Waals surface area contributed by atoms with Crippen LogP contribution in [-0.2, 0) is 0 Å². The van der Waals surface area contributed by atoms with Crippen molar-refractivity contribution in [1.82, 2.24) is 0 Å². The highest BCUT2D eigenvalue weighted by Gasteiger charge is 2.22. The molecule has 0 unspecified atom stereocenters. The Balaban J connectivity index is 2.24. The lowest BCUT2D eigenvalue weighted by Gasteiger charge is -2.20. The fraction of sp³-hybridized carbons (Fsp3) is 0.0833. The number of fused-ring (bicyclic) bond motifs is 1. The quantitative estimate of drug-likeness (QED) is 0.226. The van der Waals surface area contributed by atoms with E-state index in [0.717, 1.165) is 40.6 Å². The zero-order valence-electron chi connectivity index (χ0n) is 16.1. The molecule has 0 aromatic heterocycles. The van der Waals surface area contributed by atoms with Crippen molar-refractivity contribution in [1.29, 1.82) is 0 Å². The van der Waals surface area contributed by atoms with Gasteiger partial charge in [0.25, 0.3) is 0 Å². The maximum Gasteiger partial charge on any atom is 0.131 e. The largest absolute Gasteiger partial charge is 0.206 e. The van der Waals surface area contributed by atoms with Crippen molar-refractivity contribution in [2.24, 2.45) is 0 Å². The van der Waals surface area contributed by atoms with E-state index in [1.165, 1.54) is 12.1 Å². The third-order valence-electron chi connectivity index (χ3n) is 4.95. The Labute approximate surface area is 199 Å². The zero-order valence-corrected chi connectivity index (χ0v) is 20.9. The van der Waals surface area contributed by atoms with Gasteiger partial charge in [0.15, 0.2) is 0 Å². The SMILES string of the molecule is CSc1c(Br)cc2c(-c3ccccc3F)c(SC)c(Br)cc2c1-c1ccccc1F. The lowest BCUT2D eigenvalue weighted by Crippen LogP contribution is -1.95. The van der Waals surface area contributed by atoms with E-state index in [4.69, 9.17) is 0 Å². The summed E-state index contributed by atoms with van der Waals surface area (Å²) in [6, 6.07) is 17.6. The highest BCUT2D eigenvalue weighted by Crippen LogP contribution is 2.49. The summed E-state index contributed by atoms with van der Waals surface area (Å²) in [6.45, 7) is 0. The summed E-state index contributed by atoms with van der Waals surface area (Å²) in [4.78, 5) is 1.88. The average Bonchev–Trinajstić information content (AvgIpc) is 2.73. The van der Waals surface area contributed by atoms with Crippen LogP contribution in [0.25, 0.3) is 33.0 Å². The monoisotopic (exact) mass is 564 g/mol. The predicted molar refractivity (Wildman–Crippen MR) is 134 cm³/mol. The van der Waals surface area contributed by atoms with Gasteiger partial charge < -0.3 is 0 Å². The molecule has 0 heterocycles. The molecule has 0 aliphatic carbocycles. The van der Waals surface area contributed by atoms with Crippen LogP contribution in [0, 0.1) is 11.6 Å². The van der Waals surface area contributed by atoms with Crippen LogP contribution in [0.4, 0.5) is 8.78 Å². The first-order valence-electron chi connectivity index (χ1n) is 9.04. The van der Waals surface area contributed by atoms with E-state index in [1.54, 1.807) is 47.8 Å². The van der Waals surface area contributed by atoms with Crippen molar-refractivity contribution in [3.8, 4) is 22.3 Å². The lowest BCUT2D eigenvalue weighted by molar-refractivity contribution is 0.630. The summed E-state index contributed by atoms with van der Waals surface area (Å²) in [5, 5.41) is 1.74. The molecule has 0 aliphatic rings. The molecule has 4 aromatic rings. The van der Waals surface area contributed by atoms with E-state index in [0.29, 0.717) is 11.1 Å². The van der Waals surface area contributed by atoms with E-state index < -0.39 is 0 Å². The maximum atomic E-state index is 14.9. The molecule has 30 heavy (non-hydrogen) atoms. The normalized spacial score (nSPS) is 11.3. The van der Waals surface area contributed by atoms with Gasteiger partial charge >= 0.3 is 0 Å². The number of benzene rings is 4. The first kappa shape index (κ1) is 21.9. The molecule has 0 aliphatic heterocycles. The third kappa shape index (κ3) is 3.72. The van der Waals surface area contributed by atoms with Crippen molar-refractivity contribution in [2.75, 3.05) is 12.5 Å². The molecule has 0 radical (unpaired) electrons. The van der Waals surface area contributed by atoms with Crippen LogP contribution in [0.1, 0.15) is 0 Å². The van der Waals surface area contributed by atoms with Crippen LogP contribution in [0.3, 0.4) is 0 Å². The van der Waals surface area contributed by atoms with Gasteiger partial charge in [0, 0.05) is 41.0 Å². The van der Waals surface area contributed by atoms with Gasteiger partial charge in [-0.2, -0.15) is 0 Å². The second-order valence-electron chi connectivity index (χ2n) is 6.59.